The summed E-state index contributed by atoms with van der Waals surface area (Å²) in [4.78, 5) is 34.6. The van der Waals surface area contributed by atoms with E-state index >= 15 is 0 Å². The Morgan fingerprint density at radius 3 is 2.44 bits per heavy atom. The van der Waals surface area contributed by atoms with Crippen molar-refractivity contribution in [3.63, 3.8) is 0 Å². The van der Waals surface area contributed by atoms with Crippen LogP contribution in [0.15, 0.2) is 18.2 Å². The number of benzene rings is 1. The minimum absolute atomic E-state index is 0.0413. The van der Waals surface area contributed by atoms with E-state index in [-0.39, 0.29) is 17.9 Å². The van der Waals surface area contributed by atoms with Crippen LogP contribution in [-0.2, 0) is 9.53 Å². The molecule has 5 rings (SSSR count). The summed E-state index contributed by atoms with van der Waals surface area (Å²) in [5.41, 5.74) is 3.57. The Kier molecular flexibility index (Phi) is 9.17. The van der Waals surface area contributed by atoms with Gasteiger partial charge in [0.1, 0.15) is 6.61 Å². The topological polar surface area (TPSA) is 56.3 Å². The molecule has 4 fully saturated rings. The summed E-state index contributed by atoms with van der Waals surface area (Å²) in [6.07, 6.45) is 10.2. The molecule has 216 valence electrons. The van der Waals surface area contributed by atoms with Gasteiger partial charge in [-0.25, -0.2) is 4.79 Å². The number of anilines is 1. The molecule has 4 heterocycles. The van der Waals surface area contributed by atoms with Crippen molar-refractivity contribution in [2.24, 2.45) is 5.92 Å². The second-order valence-corrected chi connectivity index (χ2v) is 12.6. The number of nitrogens with zero attached hydrogens (tertiary/aromatic N) is 4. The highest BCUT2D eigenvalue weighted by molar-refractivity contribution is 5.95. The first-order valence-corrected chi connectivity index (χ1v) is 15.6. The number of rotatable bonds is 7. The number of likely N-dealkylation sites (tertiary alicyclic amines) is 2. The molecule has 0 spiro atoms. The zero-order valence-electron chi connectivity index (χ0n) is 24.7. The van der Waals surface area contributed by atoms with Crippen molar-refractivity contribution >= 4 is 17.7 Å². The van der Waals surface area contributed by atoms with Crippen molar-refractivity contribution in [1.29, 1.82) is 0 Å². The lowest BCUT2D eigenvalue weighted by molar-refractivity contribution is -0.121. The highest BCUT2D eigenvalue weighted by atomic mass is 16.6. The van der Waals surface area contributed by atoms with Crippen molar-refractivity contribution < 1.29 is 14.3 Å². The van der Waals surface area contributed by atoms with Crippen LogP contribution < -0.4 is 4.90 Å². The molecule has 0 bridgehead atoms. The van der Waals surface area contributed by atoms with E-state index in [9.17, 15) is 9.59 Å². The number of piperidine rings is 2. The van der Waals surface area contributed by atoms with Gasteiger partial charge in [0, 0.05) is 49.9 Å². The molecule has 3 unspecified atom stereocenters. The van der Waals surface area contributed by atoms with Crippen molar-refractivity contribution in [3.05, 3.63) is 29.3 Å². The molecule has 7 nitrogen and oxygen atoms in total. The van der Waals surface area contributed by atoms with Gasteiger partial charge in [-0.2, -0.15) is 0 Å². The number of carbonyl (C=O) groups is 2. The third-order valence-electron chi connectivity index (χ3n) is 10.3. The summed E-state index contributed by atoms with van der Waals surface area (Å²) in [6.45, 7) is 11.7. The van der Waals surface area contributed by atoms with Crippen LogP contribution in [0.4, 0.5) is 10.5 Å². The van der Waals surface area contributed by atoms with E-state index in [1.54, 1.807) is 0 Å². The van der Waals surface area contributed by atoms with Gasteiger partial charge in [0.05, 0.1) is 0 Å². The maximum atomic E-state index is 12.8. The van der Waals surface area contributed by atoms with E-state index in [1.807, 2.05) is 23.8 Å². The van der Waals surface area contributed by atoms with Gasteiger partial charge >= 0.3 is 6.09 Å². The van der Waals surface area contributed by atoms with Crippen LogP contribution in [0.2, 0.25) is 0 Å². The van der Waals surface area contributed by atoms with E-state index in [4.69, 9.17) is 4.74 Å². The van der Waals surface area contributed by atoms with Gasteiger partial charge in [-0.1, -0.05) is 26.0 Å². The first-order valence-electron chi connectivity index (χ1n) is 15.6. The van der Waals surface area contributed by atoms with E-state index in [0.717, 1.165) is 75.6 Å². The molecule has 4 aliphatic heterocycles. The molecule has 0 saturated carbocycles. The molecule has 0 aliphatic carbocycles. The Bertz CT molecular complexity index is 999. The smallest absolute Gasteiger partial charge is 0.409 e. The summed E-state index contributed by atoms with van der Waals surface area (Å²) in [6, 6.07) is 8.44. The Morgan fingerprint density at radius 2 is 1.72 bits per heavy atom. The molecule has 1 aromatic carbocycles. The van der Waals surface area contributed by atoms with Gasteiger partial charge in [0.2, 0.25) is 5.91 Å². The Balaban J connectivity index is 1.07. The fraction of sp³-hybridized carbons (Fsp3) is 0.750. The molecule has 4 saturated heterocycles. The zero-order valence-corrected chi connectivity index (χ0v) is 24.7. The van der Waals surface area contributed by atoms with E-state index in [2.05, 4.69) is 41.8 Å². The van der Waals surface area contributed by atoms with E-state index in [1.165, 1.54) is 37.8 Å². The molecule has 0 aromatic heterocycles. The number of carbonyl (C=O) groups excluding carboxylic acids is 2. The lowest BCUT2D eigenvalue weighted by Crippen LogP contribution is -2.49. The summed E-state index contributed by atoms with van der Waals surface area (Å²) in [7, 11) is 1.92. The third kappa shape index (κ3) is 6.30. The maximum Gasteiger partial charge on any atom is 0.409 e. The standard InChI is InChI=1S/C32H50N4O3/c1-5-23(2)31(37)33(4)30-21-26(9-8-24(30)3)25-12-17-34(18-13-25)27-14-19-35(20-15-27)32(38)39-22-29-11-10-28-7-6-16-36(28)29/h8-9,21,23,25,27-29H,5-7,10-20,22H2,1-4H3. The highest BCUT2D eigenvalue weighted by Gasteiger charge is 2.37. The summed E-state index contributed by atoms with van der Waals surface area (Å²) < 4.78 is 5.79. The van der Waals surface area contributed by atoms with Crippen LogP contribution in [-0.4, -0.2) is 91.2 Å². The van der Waals surface area contributed by atoms with Crippen molar-refractivity contribution in [1.82, 2.24) is 14.7 Å². The Labute approximate surface area is 235 Å². The van der Waals surface area contributed by atoms with Crippen LogP contribution in [0, 0.1) is 12.8 Å². The van der Waals surface area contributed by atoms with Crippen LogP contribution in [0.5, 0.6) is 0 Å². The van der Waals surface area contributed by atoms with Gasteiger partial charge in [0.15, 0.2) is 0 Å². The minimum atomic E-state index is -0.109. The van der Waals surface area contributed by atoms with Crippen molar-refractivity contribution in [2.75, 3.05) is 51.3 Å². The van der Waals surface area contributed by atoms with Crippen LogP contribution >= 0.6 is 0 Å². The zero-order chi connectivity index (χ0) is 27.5. The summed E-state index contributed by atoms with van der Waals surface area (Å²) >= 11 is 0. The average Bonchev–Trinajstić information content (AvgIpc) is 3.60. The quantitative estimate of drug-likeness (QED) is 0.465. The van der Waals surface area contributed by atoms with Crippen LogP contribution in [0.25, 0.3) is 0 Å². The monoisotopic (exact) mass is 538 g/mol. The number of fused-ring (bicyclic) bond motifs is 1. The number of aryl methyl sites for hydroxylation is 1. The van der Waals surface area contributed by atoms with Gasteiger partial charge in [-0.05, 0) is 107 Å². The normalized spacial score (nSPS) is 26.0. The van der Waals surface area contributed by atoms with Crippen LogP contribution in [0.1, 0.15) is 88.7 Å². The maximum absolute atomic E-state index is 12.8. The lowest BCUT2D eigenvalue weighted by atomic mass is 9.87. The second kappa shape index (κ2) is 12.6. The Morgan fingerprint density at radius 1 is 0.974 bits per heavy atom. The van der Waals surface area contributed by atoms with Crippen molar-refractivity contribution in [3.8, 4) is 0 Å². The first-order chi connectivity index (χ1) is 18.9. The summed E-state index contributed by atoms with van der Waals surface area (Å²) in [5.74, 6) is 0.773. The third-order valence-corrected chi connectivity index (χ3v) is 10.3. The Hall–Kier alpha value is -2.12. The molecule has 0 N–H and O–H groups in total. The molecule has 39 heavy (non-hydrogen) atoms. The van der Waals surface area contributed by atoms with Gasteiger partial charge in [0.25, 0.3) is 0 Å². The number of hydrogen-bond acceptors (Lipinski definition) is 5. The minimum Gasteiger partial charge on any atom is -0.448 e. The molecule has 2 amide bonds. The average molecular weight is 539 g/mol. The molecule has 4 aliphatic rings. The second-order valence-electron chi connectivity index (χ2n) is 12.6. The van der Waals surface area contributed by atoms with E-state index < -0.39 is 0 Å². The molecule has 0 radical (unpaired) electrons. The fourth-order valence-electron chi connectivity index (χ4n) is 7.51. The predicted molar refractivity (Wildman–Crippen MR) is 156 cm³/mol. The van der Waals surface area contributed by atoms with Crippen molar-refractivity contribution in [2.45, 2.75) is 103 Å². The highest BCUT2D eigenvalue weighted by Crippen LogP contribution is 2.35. The predicted octanol–water partition coefficient (Wildman–Crippen LogP) is 5.41. The molecular weight excluding hydrogens is 488 g/mol. The van der Waals surface area contributed by atoms with Gasteiger partial charge < -0.3 is 19.4 Å². The molecule has 3 atom stereocenters. The number of hydrogen-bond donors (Lipinski definition) is 0. The SMILES string of the molecule is CCC(C)C(=O)N(C)c1cc(C2CCN(C3CCN(C(=O)OCC4CCC5CCCN54)CC3)CC2)ccc1C. The lowest BCUT2D eigenvalue weighted by Gasteiger charge is -2.41. The molecule has 7 heteroatoms. The van der Waals surface area contributed by atoms with Gasteiger partial charge in [-0.3, -0.25) is 9.69 Å². The molecular formula is C32H50N4O3. The van der Waals surface area contributed by atoms with Crippen LogP contribution in [0.3, 0.4) is 0 Å². The first kappa shape index (κ1) is 28.4. The largest absolute Gasteiger partial charge is 0.448 e. The number of amides is 2. The summed E-state index contributed by atoms with van der Waals surface area (Å²) in [5, 5.41) is 0. The number of ether oxygens (including phenoxy) is 1. The van der Waals surface area contributed by atoms with Gasteiger partial charge in [-0.15, -0.1) is 0 Å². The molecule has 1 aromatic rings. The fourth-order valence-corrected chi connectivity index (χ4v) is 7.51. The van der Waals surface area contributed by atoms with E-state index in [0.29, 0.717) is 24.6 Å².